The van der Waals surface area contributed by atoms with Gasteiger partial charge in [0.25, 0.3) is 0 Å². The minimum absolute atomic E-state index is 0.188. The molecule has 0 saturated heterocycles. The van der Waals surface area contributed by atoms with Crippen LogP contribution in [-0.4, -0.2) is 72.3 Å². The van der Waals surface area contributed by atoms with Gasteiger partial charge in [0.15, 0.2) is 0 Å². The van der Waals surface area contributed by atoms with Gasteiger partial charge >= 0.3 is 23.9 Å². The van der Waals surface area contributed by atoms with E-state index in [4.69, 9.17) is 0 Å². The number of benzene rings is 2. The molecule has 0 atom stereocenters. The summed E-state index contributed by atoms with van der Waals surface area (Å²) in [5, 5.41) is 3.26. The molecule has 0 saturated carbocycles. The molecule has 0 fully saturated rings. The van der Waals surface area contributed by atoms with Crippen molar-refractivity contribution < 1.29 is 38.1 Å². The van der Waals surface area contributed by atoms with Crippen molar-refractivity contribution in [2.45, 2.75) is 0 Å². The third kappa shape index (κ3) is 5.68. The molecule has 0 unspecified atom stereocenters. The van der Waals surface area contributed by atoms with Gasteiger partial charge in [-0.05, 0) is 24.3 Å². The van der Waals surface area contributed by atoms with Crippen molar-refractivity contribution in [2.24, 2.45) is 0 Å². The minimum Gasteiger partial charge on any atom is -0.464 e. The molecule has 6 rings (SSSR count). The molecule has 12 nitrogen and oxygen atoms in total. The van der Waals surface area contributed by atoms with E-state index in [1.807, 2.05) is 24.3 Å². The van der Waals surface area contributed by atoms with Crippen LogP contribution in [0.15, 0.2) is 72.8 Å². The Hall–Kier alpha value is -6.04. The summed E-state index contributed by atoms with van der Waals surface area (Å²) in [6.45, 7) is 0. The fourth-order valence-corrected chi connectivity index (χ4v) is 4.41. The van der Waals surface area contributed by atoms with Crippen LogP contribution in [0, 0.1) is 0 Å². The SMILES string of the molecule is COC(=O)c1ccc2ccc3ccc(C(=O)OC)nc3c2n1.COC(=O)c1ccc2ccc3ccc(C(=O)OC)nc3c2n1. The zero-order valence-electron chi connectivity index (χ0n) is 24.0. The lowest BCUT2D eigenvalue weighted by Crippen LogP contribution is -2.06. The molecule has 0 N–H and O–H groups in total. The van der Waals surface area contributed by atoms with E-state index in [-0.39, 0.29) is 22.8 Å². The van der Waals surface area contributed by atoms with Crippen molar-refractivity contribution in [3.63, 3.8) is 0 Å². The van der Waals surface area contributed by atoms with E-state index in [1.54, 1.807) is 48.5 Å². The van der Waals surface area contributed by atoms with Crippen molar-refractivity contribution in [1.29, 1.82) is 0 Å². The maximum absolute atomic E-state index is 11.6. The van der Waals surface area contributed by atoms with Gasteiger partial charge < -0.3 is 18.9 Å². The number of hydrogen-bond donors (Lipinski definition) is 0. The Balaban J connectivity index is 0.000000175. The molecule has 44 heavy (non-hydrogen) atoms. The summed E-state index contributed by atoms with van der Waals surface area (Å²) in [4.78, 5) is 63.8. The highest BCUT2D eigenvalue weighted by molar-refractivity contribution is 6.06. The number of aromatic nitrogens is 4. The van der Waals surface area contributed by atoms with Crippen molar-refractivity contribution >= 4 is 67.5 Å². The van der Waals surface area contributed by atoms with Crippen LogP contribution in [-0.2, 0) is 18.9 Å². The summed E-state index contributed by atoms with van der Waals surface area (Å²) in [6, 6.07) is 20.9. The first-order chi connectivity index (χ1) is 21.3. The highest BCUT2D eigenvalue weighted by Gasteiger charge is 2.15. The number of pyridine rings is 4. The van der Waals surface area contributed by atoms with Crippen molar-refractivity contribution in [3.05, 3.63) is 95.6 Å². The first kappa shape index (κ1) is 29.5. The summed E-state index contributed by atoms with van der Waals surface area (Å²) in [7, 11) is 5.19. The molecular formula is C32H24N4O8. The monoisotopic (exact) mass is 592 g/mol. The van der Waals surface area contributed by atoms with Crippen LogP contribution < -0.4 is 0 Å². The second-order valence-corrected chi connectivity index (χ2v) is 9.17. The van der Waals surface area contributed by atoms with Gasteiger partial charge in [-0.2, -0.15) is 0 Å². The molecule has 2 aromatic carbocycles. The highest BCUT2D eigenvalue weighted by atomic mass is 16.5. The highest BCUT2D eigenvalue weighted by Crippen LogP contribution is 2.25. The molecule has 12 heteroatoms. The van der Waals surface area contributed by atoms with E-state index in [1.165, 1.54) is 28.4 Å². The molecule has 0 radical (unpaired) electrons. The van der Waals surface area contributed by atoms with Crippen LogP contribution in [0.4, 0.5) is 0 Å². The Labute approximate surface area is 249 Å². The predicted molar refractivity (Wildman–Crippen MR) is 159 cm³/mol. The molecule has 0 bridgehead atoms. The second-order valence-electron chi connectivity index (χ2n) is 9.17. The Morgan fingerprint density at radius 2 is 0.545 bits per heavy atom. The van der Waals surface area contributed by atoms with Gasteiger partial charge in [0.2, 0.25) is 0 Å². The van der Waals surface area contributed by atoms with Crippen LogP contribution in [0.25, 0.3) is 43.6 Å². The Morgan fingerprint density at radius 1 is 0.364 bits per heavy atom. The van der Waals surface area contributed by atoms with Crippen molar-refractivity contribution in [1.82, 2.24) is 19.9 Å². The number of fused-ring (bicyclic) bond motifs is 6. The summed E-state index contributed by atoms with van der Waals surface area (Å²) in [6.07, 6.45) is 0. The molecule has 4 heterocycles. The molecule has 4 aromatic heterocycles. The summed E-state index contributed by atoms with van der Waals surface area (Å²) >= 11 is 0. The number of rotatable bonds is 4. The number of esters is 4. The zero-order chi connectivity index (χ0) is 31.4. The fraction of sp³-hybridized carbons (Fsp3) is 0.125. The molecule has 0 amide bonds. The van der Waals surface area contributed by atoms with Crippen molar-refractivity contribution in [3.8, 4) is 0 Å². The first-order valence-electron chi connectivity index (χ1n) is 13.0. The Bertz CT molecular complexity index is 1810. The lowest BCUT2D eigenvalue weighted by atomic mass is 10.1. The van der Waals surface area contributed by atoms with Crippen LogP contribution in [0.5, 0.6) is 0 Å². The van der Waals surface area contributed by atoms with Crippen LogP contribution in [0.3, 0.4) is 0 Å². The third-order valence-electron chi connectivity index (χ3n) is 6.62. The molecule has 0 aliphatic carbocycles. The molecule has 0 aliphatic rings. The molecule has 0 spiro atoms. The van der Waals surface area contributed by atoms with Gasteiger partial charge in [-0.3, -0.25) is 0 Å². The predicted octanol–water partition coefficient (Wildman–Crippen LogP) is 4.71. The Kier molecular flexibility index (Phi) is 8.33. The summed E-state index contributed by atoms with van der Waals surface area (Å²) < 4.78 is 18.7. The van der Waals surface area contributed by atoms with E-state index in [0.717, 1.165) is 21.5 Å². The molecule has 220 valence electrons. The molecular weight excluding hydrogens is 568 g/mol. The van der Waals surface area contributed by atoms with Crippen LogP contribution in [0.2, 0.25) is 0 Å². The Morgan fingerprint density at radius 3 is 0.727 bits per heavy atom. The van der Waals surface area contributed by atoms with Gasteiger partial charge in [-0.1, -0.05) is 48.5 Å². The topological polar surface area (TPSA) is 157 Å². The number of carbonyl (C=O) groups is 4. The van der Waals surface area contributed by atoms with E-state index >= 15 is 0 Å². The van der Waals surface area contributed by atoms with Gasteiger partial charge in [-0.15, -0.1) is 0 Å². The normalized spacial score (nSPS) is 10.6. The largest absolute Gasteiger partial charge is 0.464 e. The average Bonchev–Trinajstić information content (AvgIpc) is 3.09. The number of hydrogen-bond acceptors (Lipinski definition) is 12. The maximum atomic E-state index is 11.6. The number of ether oxygens (including phenoxy) is 4. The summed E-state index contributed by atoms with van der Waals surface area (Å²) in [5.74, 6) is -2.10. The van der Waals surface area contributed by atoms with Gasteiger partial charge in [0.05, 0.1) is 50.5 Å². The quantitative estimate of drug-likeness (QED) is 0.158. The first-order valence-corrected chi connectivity index (χ1v) is 13.0. The van der Waals surface area contributed by atoms with E-state index in [2.05, 4.69) is 38.9 Å². The minimum atomic E-state index is -0.525. The van der Waals surface area contributed by atoms with E-state index in [0.29, 0.717) is 22.1 Å². The van der Waals surface area contributed by atoms with Gasteiger partial charge in [0.1, 0.15) is 22.8 Å². The van der Waals surface area contributed by atoms with Crippen molar-refractivity contribution in [2.75, 3.05) is 28.4 Å². The fourth-order valence-electron chi connectivity index (χ4n) is 4.41. The summed E-state index contributed by atoms with van der Waals surface area (Å²) in [5.41, 5.74) is 2.88. The second kappa shape index (κ2) is 12.4. The van der Waals surface area contributed by atoms with Gasteiger partial charge in [-0.25, -0.2) is 39.1 Å². The van der Waals surface area contributed by atoms with E-state index in [9.17, 15) is 19.2 Å². The molecule has 6 aromatic rings. The standard InChI is InChI=1S/2C16H12N2O4/c2*1-21-15(19)11-7-5-9-3-4-10-6-8-12(16(20)22-2)18-14(10)13(9)17-11/h2*3-8H,1-2H3. The maximum Gasteiger partial charge on any atom is 0.356 e. The number of nitrogens with zero attached hydrogens (tertiary/aromatic N) is 4. The third-order valence-corrected chi connectivity index (χ3v) is 6.62. The number of methoxy groups -OCH3 is 4. The van der Waals surface area contributed by atoms with Crippen LogP contribution >= 0.6 is 0 Å². The average molecular weight is 593 g/mol. The zero-order valence-corrected chi connectivity index (χ0v) is 24.0. The molecule has 0 aliphatic heterocycles. The smallest absolute Gasteiger partial charge is 0.356 e. The van der Waals surface area contributed by atoms with Crippen LogP contribution in [0.1, 0.15) is 42.0 Å². The number of carbonyl (C=O) groups excluding carboxylic acids is 4. The van der Waals surface area contributed by atoms with Gasteiger partial charge in [0, 0.05) is 21.5 Å². The lowest BCUT2D eigenvalue weighted by Gasteiger charge is -2.06. The lowest BCUT2D eigenvalue weighted by molar-refractivity contribution is 0.0585. The van der Waals surface area contributed by atoms with E-state index < -0.39 is 23.9 Å².